The van der Waals surface area contributed by atoms with Gasteiger partial charge in [0, 0.05) is 12.1 Å². The maximum absolute atomic E-state index is 12.6. The van der Waals surface area contributed by atoms with Gasteiger partial charge in [-0.25, -0.2) is 13.1 Å². The van der Waals surface area contributed by atoms with Crippen LogP contribution in [0.3, 0.4) is 0 Å². The summed E-state index contributed by atoms with van der Waals surface area (Å²) < 4.78 is 39.1. The first-order chi connectivity index (χ1) is 9.42. The summed E-state index contributed by atoms with van der Waals surface area (Å²) in [5.74, 6) is 0.953. The molecule has 20 heavy (non-hydrogen) atoms. The maximum Gasteiger partial charge on any atom is 0.244 e. The standard InChI is InChI=1S/C13H20N2O4S/c1-7-10(6-14)13(8(2)18-7)20(16,17)15-11-5-9-3-4-12(11)19-9/h9,11-12,15H,3-6,14H2,1-2H3. The van der Waals surface area contributed by atoms with Gasteiger partial charge in [0.2, 0.25) is 10.0 Å². The van der Waals surface area contributed by atoms with E-state index < -0.39 is 10.0 Å². The number of nitrogens with one attached hydrogen (secondary N) is 1. The van der Waals surface area contributed by atoms with Gasteiger partial charge in [-0.15, -0.1) is 0 Å². The van der Waals surface area contributed by atoms with Crippen molar-refractivity contribution in [1.82, 2.24) is 4.72 Å². The fraction of sp³-hybridized carbons (Fsp3) is 0.692. The third-order valence-corrected chi connectivity index (χ3v) is 5.89. The Labute approximate surface area is 118 Å². The molecule has 0 aliphatic carbocycles. The minimum atomic E-state index is -3.62. The summed E-state index contributed by atoms with van der Waals surface area (Å²) in [4.78, 5) is 0.195. The summed E-state index contributed by atoms with van der Waals surface area (Å²) in [6.07, 6.45) is 2.90. The molecule has 2 fully saturated rings. The van der Waals surface area contributed by atoms with Crippen LogP contribution >= 0.6 is 0 Å². The molecule has 7 heteroatoms. The van der Waals surface area contributed by atoms with Crippen molar-refractivity contribution in [3.05, 3.63) is 17.1 Å². The Morgan fingerprint density at radius 1 is 1.30 bits per heavy atom. The number of sulfonamides is 1. The number of hydrogen-bond donors (Lipinski definition) is 2. The second-order valence-electron chi connectivity index (χ2n) is 5.56. The van der Waals surface area contributed by atoms with Crippen LogP contribution in [-0.4, -0.2) is 26.7 Å². The normalized spacial score (nSPS) is 29.2. The van der Waals surface area contributed by atoms with Crippen molar-refractivity contribution in [1.29, 1.82) is 0 Å². The molecule has 3 N–H and O–H groups in total. The molecule has 6 nitrogen and oxygen atoms in total. The fourth-order valence-electron chi connectivity index (χ4n) is 3.32. The van der Waals surface area contributed by atoms with E-state index in [4.69, 9.17) is 14.9 Å². The number of ether oxygens (including phenoxy) is 1. The van der Waals surface area contributed by atoms with E-state index in [-0.39, 0.29) is 29.7 Å². The van der Waals surface area contributed by atoms with Gasteiger partial charge in [0.05, 0.1) is 18.2 Å². The van der Waals surface area contributed by atoms with E-state index >= 15 is 0 Å². The molecule has 112 valence electrons. The quantitative estimate of drug-likeness (QED) is 0.863. The molecule has 2 aliphatic heterocycles. The number of nitrogens with two attached hydrogens (primary N) is 1. The zero-order chi connectivity index (χ0) is 14.5. The van der Waals surface area contributed by atoms with Gasteiger partial charge in [-0.05, 0) is 33.1 Å². The monoisotopic (exact) mass is 300 g/mol. The zero-order valence-electron chi connectivity index (χ0n) is 11.7. The summed E-state index contributed by atoms with van der Waals surface area (Å²) in [6, 6.07) is -0.140. The molecule has 1 aromatic heterocycles. The third kappa shape index (κ3) is 2.18. The van der Waals surface area contributed by atoms with E-state index in [1.165, 1.54) is 0 Å². The lowest BCUT2D eigenvalue weighted by molar-refractivity contribution is 0.0996. The van der Waals surface area contributed by atoms with Gasteiger partial charge in [0.25, 0.3) is 0 Å². The van der Waals surface area contributed by atoms with Gasteiger partial charge in [-0.2, -0.15) is 0 Å². The molecule has 2 saturated heterocycles. The van der Waals surface area contributed by atoms with Crippen molar-refractivity contribution in [2.75, 3.05) is 0 Å². The van der Waals surface area contributed by atoms with E-state index in [0.717, 1.165) is 19.3 Å². The van der Waals surface area contributed by atoms with Gasteiger partial charge >= 0.3 is 0 Å². The second kappa shape index (κ2) is 4.84. The summed E-state index contributed by atoms with van der Waals surface area (Å²) >= 11 is 0. The van der Waals surface area contributed by atoms with Crippen molar-refractivity contribution in [3.63, 3.8) is 0 Å². The van der Waals surface area contributed by atoms with Crippen LogP contribution in [0, 0.1) is 13.8 Å². The van der Waals surface area contributed by atoms with Gasteiger partial charge in [-0.3, -0.25) is 0 Å². The summed E-state index contributed by atoms with van der Waals surface area (Å²) in [6.45, 7) is 3.53. The number of furan rings is 1. The van der Waals surface area contributed by atoms with Crippen LogP contribution in [0.4, 0.5) is 0 Å². The SMILES string of the molecule is Cc1oc(C)c(S(=O)(=O)NC2CC3CCC2O3)c1CN. The zero-order valence-corrected chi connectivity index (χ0v) is 12.5. The van der Waals surface area contributed by atoms with Crippen molar-refractivity contribution in [2.45, 2.75) is 62.8 Å². The van der Waals surface area contributed by atoms with Crippen LogP contribution < -0.4 is 10.5 Å². The third-order valence-electron chi connectivity index (χ3n) is 4.21. The van der Waals surface area contributed by atoms with Gasteiger partial charge in [-0.1, -0.05) is 0 Å². The smallest absolute Gasteiger partial charge is 0.244 e. The highest BCUT2D eigenvalue weighted by Gasteiger charge is 2.43. The molecule has 0 spiro atoms. The first-order valence-corrected chi connectivity index (χ1v) is 8.37. The van der Waals surface area contributed by atoms with Crippen LogP contribution in [0.5, 0.6) is 0 Å². The molecule has 3 atom stereocenters. The lowest BCUT2D eigenvalue weighted by atomic mass is 9.96. The molecule has 3 unspecified atom stereocenters. The second-order valence-corrected chi connectivity index (χ2v) is 7.21. The minimum Gasteiger partial charge on any atom is -0.465 e. The fourth-order valence-corrected chi connectivity index (χ4v) is 5.05. The lowest BCUT2D eigenvalue weighted by Crippen LogP contribution is -2.41. The van der Waals surface area contributed by atoms with Crippen LogP contribution in [0.15, 0.2) is 9.31 Å². The number of rotatable bonds is 4. The summed E-state index contributed by atoms with van der Waals surface area (Å²) in [7, 11) is -3.62. The molecule has 3 rings (SSSR count). The first kappa shape index (κ1) is 14.1. The predicted octanol–water partition coefficient (Wildman–Crippen LogP) is 0.953. The van der Waals surface area contributed by atoms with Gasteiger partial charge < -0.3 is 14.9 Å². The molecule has 1 aromatic rings. The number of hydrogen-bond acceptors (Lipinski definition) is 5. The lowest BCUT2D eigenvalue weighted by Gasteiger charge is -2.20. The van der Waals surface area contributed by atoms with Crippen molar-refractivity contribution in [2.24, 2.45) is 5.73 Å². The Bertz CT molecular complexity index is 623. The predicted molar refractivity (Wildman–Crippen MR) is 72.7 cm³/mol. The van der Waals surface area contributed by atoms with Crippen LogP contribution in [-0.2, 0) is 21.3 Å². The Kier molecular flexibility index (Phi) is 3.40. The van der Waals surface area contributed by atoms with E-state index in [2.05, 4.69) is 4.72 Å². The highest BCUT2D eigenvalue weighted by molar-refractivity contribution is 7.89. The first-order valence-electron chi connectivity index (χ1n) is 6.89. The van der Waals surface area contributed by atoms with Gasteiger partial charge in [0.1, 0.15) is 16.4 Å². The maximum atomic E-state index is 12.6. The molecule has 0 amide bonds. The van der Waals surface area contributed by atoms with E-state index in [9.17, 15) is 8.42 Å². The minimum absolute atomic E-state index is 0.00408. The van der Waals surface area contributed by atoms with Crippen LogP contribution in [0.1, 0.15) is 36.3 Å². The molecule has 3 heterocycles. The highest BCUT2D eigenvalue weighted by atomic mass is 32.2. The molecular formula is C13H20N2O4S. The van der Waals surface area contributed by atoms with Crippen LogP contribution in [0.25, 0.3) is 0 Å². The van der Waals surface area contributed by atoms with E-state index in [1.807, 2.05) is 0 Å². The molecule has 2 bridgehead atoms. The summed E-state index contributed by atoms with van der Waals surface area (Å²) in [5.41, 5.74) is 6.21. The van der Waals surface area contributed by atoms with E-state index in [0.29, 0.717) is 17.1 Å². The van der Waals surface area contributed by atoms with E-state index in [1.54, 1.807) is 13.8 Å². The molecular weight excluding hydrogens is 280 g/mol. The number of aryl methyl sites for hydroxylation is 2. The van der Waals surface area contributed by atoms with Crippen LogP contribution in [0.2, 0.25) is 0 Å². The average Bonchev–Trinajstić information content (AvgIpc) is 3.02. The van der Waals surface area contributed by atoms with Crippen molar-refractivity contribution < 1.29 is 17.6 Å². The number of fused-ring (bicyclic) bond motifs is 2. The highest BCUT2D eigenvalue weighted by Crippen LogP contribution is 2.35. The molecule has 0 aromatic carbocycles. The van der Waals surface area contributed by atoms with Crippen molar-refractivity contribution in [3.8, 4) is 0 Å². The Hall–Kier alpha value is -0.890. The molecule has 0 saturated carbocycles. The Balaban J connectivity index is 1.89. The van der Waals surface area contributed by atoms with Crippen molar-refractivity contribution >= 4 is 10.0 Å². The molecule has 2 aliphatic rings. The Morgan fingerprint density at radius 2 is 2.05 bits per heavy atom. The largest absolute Gasteiger partial charge is 0.465 e. The summed E-state index contributed by atoms with van der Waals surface area (Å²) in [5, 5.41) is 0. The average molecular weight is 300 g/mol. The van der Waals surface area contributed by atoms with Gasteiger partial charge in [0.15, 0.2) is 0 Å². The topological polar surface area (TPSA) is 94.6 Å². The molecule has 0 radical (unpaired) electrons. The Morgan fingerprint density at radius 3 is 2.60 bits per heavy atom.